The van der Waals surface area contributed by atoms with Crippen LogP contribution in [0.4, 0.5) is 0 Å². The fraction of sp³-hybridized carbons (Fsp3) is 0.562. The van der Waals surface area contributed by atoms with Crippen molar-refractivity contribution in [3.63, 3.8) is 0 Å². The van der Waals surface area contributed by atoms with Gasteiger partial charge in [-0.2, -0.15) is 0 Å². The van der Waals surface area contributed by atoms with Gasteiger partial charge in [-0.25, -0.2) is 0 Å². The summed E-state index contributed by atoms with van der Waals surface area (Å²) in [5.74, 6) is 0.840. The van der Waals surface area contributed by atoms with Crippen molar-refractivity contribution in [3.05, 3.63) is 34.9 Å². The second-order valence-corrected chi connectivity index (χ2v) is 5.76. The van der Waals surface area contributed by atoms with E-state index < -0.39 is 0 Å². The van der Waals surface area contributed by atoms with Gasteiger partial charge in [-0.15, -0.1) is 0 Å². The first-order valence-electron chi connectivity index (χ1n) is 7.33. The summed E-state index contributed by atoms with van der Waals surface area (Å²) < 4.78 is 5.33. The number of aryl methyl sites for hydroxylation is 1. The number of rotatable bonds is 6. The predicted molar refractivity (Wildman–Crippen MR) is 80.9 cm³/mol. The second kappa shape index (κ2) is 8.28. The second-order valence-electron chi connectivity index (χ2n) is 5.32. The zero-order valence-electron chi connectivity index (χ0n) is 11.7. The van der Waals surface area contributed by atoms with Crippen LogP contribution >= 0.6 is 11.6 Å². The molecule has 2 rings (SSSR count). The lowest BCUT2D eigenvalue weighted by atomic mass is 9.97. The smallest absolute Gasteiger partial charge is 0.220 e. The fourth-order valence-corrected chi connectivity index (χ4v) is 2.57. The van der Waals surface area contributed by atoms with Crippen LogP contribution in [0.1, 0.15) is 31.2 Å². The van der Waals surface area contributed by atoms with Crippen LogP contribution < -0.4 is 5.32 Å². The minimum Gasteiger partial charge on any atom is -0.381 e. The van der Waals surface area contributed by atoms with Crippen LogP contribution in [-0.2, 0) is 16.0 Å². The summed E-state index contributed by atoms with van der Waals surface area (Å²) in [4.78, 5) is 11.8. The Bertz CT molecular complexity index is 413. The van der Waals surface area contributed by atoms with Crippen LogP contribution in [0.2, 0.25) is 5.02 Å². The Hall–Kier alpha value is -1.06. The average molecular weight is 296 g/mol. The van der Waals surface area contributed by atoms with Crippen LogP contribution in [0.15, 0.2) is 24.3 Å². The Morgan fingerprint density at radius 2 is 1.95 bits per heavy atom. The summed E-state index contributed by atoms with van der Waals surface area (Å²) in [5, 5.41) is 3.74. The highest BCUT2D eigenvalue weighted by molar-refractivity contribution is 6.30. The van der Waals surface area contributed by atoms with Crippen molar-refractivity contribution in [3.8, 4) is 0 Å². The number of carbonyl (C=O) groups is 1. The molecule has 1 fully saturated rings. The van der Waals surface area contributed by atoms with Crippen LogP contribution in [-0.4, -0.2) is 25.7 Å². The van der Waals surface area contributed by atoms with Crippen molar-refractivity contribution < 1.29 is 9.53 Å². The van der Waals surface area contributed by atoms with Gasteiger partial charge in [-0.05, 0) is 49.3 Å². The van der Waals surface area contributed by atoms with Gasteiger partial charge in [0, 0.05) is 31.2 Å². The molecule has 0 atom stereocenters. The Kier molecular flexibility index (Phi) is 6.34. The number of nitrogens with one attached hydrogen (secondary N) is 1. The molecule has 1 aromatic rings. The normalized spacial score (nSPS) is 16.1. The molecule has 0 aliphatic carbocycles. The molecule has 1 aliphatic rings. The first-order valence-corrected chi connectivity index (χ1v) is 7.71. The van der Waals surface area contributed by atoms with Crippen molar-refractivity contribution in [2.45, 2.75) is 32.1 Å². The Morgan fingerprint density at radius 3 is 2.65 bits per heavy atom. The summed E-state index contributed by atoms with van der Waals surface area (Å²) in [6.45, 7) is 2.52. The molecule has 0 aromatic heterocycles. The van der Waals surface area contributed by atoms with Gasteiger partial charge < -0.3 is 10.1 Å². The summed E-state index contributed by atoms with van der Waals surface area (Å²) in [6.07, 6.45) is 4.62. The highest BCUT2D eigenvalue weighted by Crippen LogP contribution is 2.17. The van der Waals surface area contributed by atoms with Gasteiger partial charge in [0.1, 0.15) is 0 Å². The molecular formula is C16H22ClNO2. The highest BCUT2D eigenvalue weighted by atomic mass is 35.5. The molecule has 1 aromatic carbocycles. The molecule has 0 radical (unpaired) electrons. The van der Waals surface area contributed by atoms with Crippen molar-refractivity contribution in [1.29, 1.82) is 0 Å². The summed E-state index contributed by atoms with van der Waals surface area (Å²) in [6, 6.07) is 7.66. The molecule has 110 valence electrons. The molecule has 4 heteroatoms. The molecule has 1 amide bonds. The third-order valence-electron chi connectivity index (χ3n) is 3.77. The van der Waals surface area contributed by atoms with Gasteiger partial charge in [0.2, 0.25) is 5.91 Å². The molecule has 1 N–H and O–H groups in total. The molecule has 20 heavy (non-hydrogen) atoms. The molecule has 0 unspecified atom stereocenters. The fourth-order valence-electron chi connectivity index (χ4n) is 2.45. The Labute approximate surface area is 125 Å². The van der Waals surface area contributed by atoms with Gasteiger partial charge >= 0.3 is 0 Å². The van der Waals surface area contributed by atoms with Crippen LogP contribution in [0.5, 0.6) is 0 Å². The van der Waals surface area contributed by atoms with E-state index in [9.17, 15) is 4.79 Å². The summed E-state index contributed by atoms with van der Waals surface area (Å²) >= 11 is 5.83. The standard InChI is InChI=1S/C16H22ClNO2/c17-15-4-1-13(2-5-15)3-6-16(19)18-10-7-14-8-11-20-12-9-14/h1-2,4-5,14H,3,6-12H2,(H,18,19). The maximum Gasteiger partial charge on any atom is 0.220 e. The van der Waals surface area contributed by atoms with Crippen molar-refractivity contribution in [2.75, 3.05) is 19.8 Å². The number of hydrogen-bond acceptors (Lipinski definition) is 2. The molecular weight excluding hydrogens is 274 g/mol. The van der Waals surface area contributed by atoms with Crippen LogP contribution in [0.25, 0.3) is 0 Å². The lowest BCUT2D eigenvalue weighted by molar-refractivity contribution is -0.121. The number of halogens is 1. The third-order valence-corrected chi connectivity index (χ3v) is 4.02. The maximum atomic E-state index is 11.8. The van der Waals surface area contributed by atoms with Gasteiger partial charge in [-0.3, -0.25) is 4.79 Å². The van der Waals surface area contributed by atoms with E-state index in [-0.39, 0.29) is 5.91 Å². The average Bonchev–Trinajstić information content (AvgIpc) is 2.48. The van der Waals surface area contributed by atoms with Crippen LogP contribution in [0, 0.1) is 5.92 Å². The lowest BCUT2D eigenvalue weighted by Gasteiger charge is -2.21. The predicted octanol–water partition coefficient (Wildman–Crippen LogP) is 3.21. The zero-order chi connectivity index (χ0) is 14.2. The quantitative estimate of drug-likeness (QED) is 0.875. The van der Waals surface area contributed by atoms with Crippen molar-refractivity contribution in [1.82, 2.24) is 5.32 Å². The van der Waals surface area contributed by atoms with Crippen molar-refractivity contribution in [2.24, 2.45) is 5.92 Å². The van der Waals surface area contributed by atoms with E-state index in [1.807, 2.05) is 24.3 Å². The van der Waals surface area contributed by atoms with E-state index >= 15 is 0 Å². The van der Waals surface area contributed by atoms with E-state index in [2.05, 4.69) is 5.32 Å². The first-order chi connectivity index (χ1) is 9.74. The number of hydrogen-bond donors (Lipinski definition) is 1. The molecule has 1 heterocycles. The molecule has 1 saturated heterocycles. The summed E-state index contributed by atoms with van der Waals surface area (Å²) in [7, 11) is 0. The number of ether oxygens (including phenoxy) is 1. The minimum atomic E-state index is 0.131. The van der Waals surface area contributed by atoms with Gasteiger partial charge in [0.15, 0.2) is 0 Å². The van der Waals surface area contributed by atoms with E-state index in [0.29, 0.717) is 12.3 Å². The van der Waals surface area contributed by atoms with E-state index in [4.69, 9.17) is 16.3 Å². The Balaban J connectivity index is 1.59. The van der Waals surface area contributed by atoms with Crippen LogP contribution in [0.3, 0.4) is 0 Å². The maximum absolute atomic E-state index is 11.8. The molecule has 0 bridgehead atoms. The third kappa shape index (κ3) is 5.51. The topological polar surface area (TPSA) is 38.3 Å². The van der Waals surface area contributed by atoms with Gasteiger partial charge in [-0.1, -0.05) is 23.7 Å². The van der Waals surface area contributed by atoms with Gasteiger partial charge in [0.05, 0.1) is 0 Å². The molecule has 0 spiro atoms. The number of carbonyl (C=O) groups excluding carboxylic acids is 1. The largest absolute Gasteiger partial charge is 0.381 e. The lowest BCUT2D eigenvalue weighted by Crippen LogP contribution is -2.27. The summed E-state index contributed by atoms with van der Waals surface area (Å²) in [5.41, 5.74) is 1.15. The zero-order valence-corrected chi connectivity index (χ0v) is 12.5. The highest BCUT2D eigenvalue weighted by Gasteiger charge is 2.13. The van der Waals surface area contributed by atoms with Crippen molar-refractivity contribution >= 4 is 17.5 Å². The minimum absolute atomic E-state index is 0.131. The number of benzene rings is 1. The van der Waals surface area contributed by atoms with E-state index in [1.165, 1.54) is 0 Å². The molecule has 0 saturated carbocycles. The molecule has 1 aliphatic heterocycles. The monoisotopic (exact) mass is 295 g/mol. The van der Waals surface area contributed by atoms with E-state index in [1.54, 1.807) is 0 Å². The first kappa shape index (κ1) is 15.3. The SMILES string of the molecule is O=C(CCc1ccc(Cl)cc1)NCCC1CCOCC1. The number of amides is 1. The van der Waals surface area contributed by atoms with E-state index in [0.717, 1.165) is 56.0 Å². The van der Waals surface area contributed by atoms with Gasteiger partial charge in [0.25, 0.3) is 0 Å². The molecule has 3 nitrogen and oxygen atoms in total. The Morgan fingerprint density at radius 1 is 1.25 bits per heavy atom.